The maximum atomic E-state index is 8.94. The quantitative estimate of drug-likeness (QED) is 0.883. The lowest BCUT2D eigenvalue weighted by molar-refractivity contribution is 0.279. The van der Waals surface area contributed by atoms with Gasteiger partial charge in [0.25, 0.3) is 0 Å². The average molecular weight is 245 g/mol. The van der Waals surface area contributed by atoms with E-state index in [4.69, 9.17) is 9.84 Å². The first-order valence-electron chi connectivity index (χ1n) is 4.29. The molecule has 1 rings (SSSR count). The van der Waals surface area contributed by atoms with Gasteiger partial charge in [-0.25, -0.2) is 0 Å². The highest BCUT2D eigenvalue weighted by molar-refractivity contribution is 9.10. The van der Waals surface area contributed by atoms with E-state index in [1.807, 2.05) is 18.2 Å². The molecule has 1 aromatic rings. The number of hydrogen-bond donors (Lipinski definition) is 1. The highest BCUT2D eigenvalue weighted by atomic mass is 79.9. The molecule has 2 nitrogen and oxygen atoms in total. The van der Waals surface area contributed by atoms with Crippen LogP contribution in [0.5, 0.6) is 5.75 Å². The van der Waals surface area contributed by atoms with Crippen LogP contribution in [0.4, 0.5) is 0 Å². The third-order valence-electron chi connectivity index (χ3n) is 1.59. The van der Waals surface area contributed by atoms with E-state index in [2.05, 4.69) is 22.9 Å². The normalized spacial score (nSPS) is 10.1. The minimum absolute atomic E-state index is 0.0436. The summed E-state index contributed by atoms with van der Waals surface area (Å²) in [4.78, 5) is 0. The van der Waals surface area contributed by atoms with E-state index in [-0.39, 0.29) is 6.61 Å². The van der Waals surface area contributed by atoms with Crippen LogP contribution >= 0.6 is 15.9 Å². The van der Waals surface area contributed by atoms with Gasteiger partial charge in [-0.05, 0) is 30.2 Å². The fourth-order valence-electron chi connectivity index (χ4n) is 1.02. The molecule has 0 aliphatic heterocycles. The van der Waals surface area contributed by atoms with Crippen molar-refractivity contribution >= 4 is 15.9 Å². The summed E-state index contributed by atoms with van der Waals surface area (Å²) in [7, 11) is 0. The van der Waals surface area contributed by atoms with Crippen LogP contribution in [0.3, 0.4) is 0 Å². The molecule has 0 saturated carbocycles. The minimum Gasteiger partial charge on any atom is -0.494 e. The molecule has 0 atom stereocenters. The second-order valence-electron chi connectivity index (χ2n) is 2.80. The van der Waals surface area contributed by atoms with Crippen LogP contribution in [-0.4, -0.2) is 11.7 Å². The van der Waals surface area contributed by atoms with E-state index in [1.54, 1.807) is 0 Å². The molecule has 1 aromatic carbocycles. The summed E-state index contributed by atoms with van der Waals surface area (Å²) in [6.07, 6.45) is 0.987. The lowest BCUT2D eigenvalue weighted by atomic mass is 10.2. The van der Waals surface area contributed by atoms with Gasteiger partial charge < -0.3 is 9.84 Å². The summed E-state index contributed by atoms with van der Waals surface area (Å²) >= 11 is 3.35. The van der Waals surface area contributed by atoms with Gasteiger partial charge in [-0.1, -0.05) is 22.9 Å². The third-order valence-corrected chi connectivity index (χ3v) is 2.04. The van der Waals surface area contributed by atoms with Crippen LogP contribution in [0, 0.1) is 0 Å². The second kappa shape index (κ2) is 5.25. The van der Waals surface area contributed by atoms with Crippen molar-refractivity contribution < 1.29 is 9.84 Å². The SMILES string of the molecule is CCCOc1cc(Br)cc(CO)c1. The first-order chi connectivity index (χ1) is 6.26. The van der Waals surface area contributed by atoms with Crippen molar-refractivity contribution in [1.29, 1.82) is 0 Å². The molecule has 0 aliphatic carbocycles. The molecule has 72 valence electrons. The van der Waals surface area contributed by atoms with Gasteiger partial charge in [-0.3, -0.25) is 0 Å². The van der Waals surface area contributed by atoms with E-state index in [0.717, 1.165) is 22.2 Å². The standard InChI is InChI=1S/C10H13BrO2/c1-2-3-13-10-5-8(7-12)4-9(11)6-10/h4-6,12H,2-3,7H2,1H3. The summed E-state index contributed by atoms with van der Waals surface area (Å²) in [5.74, 6) is 0.806. The van der Waals surface area contributed by atoms with E-state index in [9.17, 15) is 0 Å². The van der Waals surface area contributed by atoms with Gasteiger partial charge in [-0.15, -0.1) is 0 Å². The number of aliphatic hydroxyl groups excluding tert-OH is 1. The number of hydrogen-bond acceptors (Lipinski definition) is 2. The molecule has 0 aromatic heterocycles. The monoisotopic (exact) mass is 244 g/mol. The Morgan fingerprint density at radius 3 is 2.77 bits per heavy atom. The third kappa shape index (κ3) is 3.36. The van der Waals surface area contributed by atoms with Crippen molar-refractivity contribution in [1.82, 2.24) is 0 Å². The van der Waals surface area contributed by atoms with Gasteiger partial charge in [0.2, 0.25) is 0 Å². The first kappa shape index (κ1) is 10.5. The van der Waals surface area contributed by atoms with Crippen molar-refractivity contribution in [2.24, 2.45) is 0 Å². The van der Waals surface area contributed by atoms with Gasteiger partial charge >= 0.3 is 0 Å². The van der Waals surface area contributed by atoms with Crippen LogP contribution in [0.25, 0.3) is 0 Å². The van der Waals surface area contributed by atoms with Gasteiger partial charge in [0.15, 0.2) is 0 Å². The van der Waals surface area contributed by atoms with E-state index in [1.165, 1.54) is 0 Å². The maximum absolute atomic E-state index is 8.94. The molecule has 3 heteroatoms. The Hall–Kier alpha value is -0.540. The summed E-state index contributed by atoms with van der Waals surface area (Å²) in [6, 6.07) is 5.62. The Bertz CT molecular complexity index is 274. The molecule has 0 spiro atoms. The summed E-state index contributed by atoms with van der Waals surface area (Å²) in [5, 5.41) is 8.94. The summed E-state index contributed by atoms with van der Waals surface area (Å²) < 4.78 is 6.37. The van der Waals surface area contributed by atoms with Crippen molar-refractivity contribution in [3.63, 3.8) is 0 Å². The number of rotatable bonds is 4. The zero-order chi connectivity index (χ0) is 9.68. The number of ether oxygens (including phenoxy) is 1. The number of benzene rings is 1. The second-order valence-corrected chi connectivity index (χ2v) is 3.72. The number of halogens is 1. The van der Waals surface area contributed by atoms with E-state index < -0.39 is 0 Å². The molecule has 0 saturated heterocycles. The molecular formula is C10H13BrO2. The summed E-state index contributed by atoms with van der Waals surface area (Å²) in [5.41, 5.74) is 0.862. The van der Waals surface area contributed by atoms with Crippen molar-refractivity contribution in [2.75, 3.05) is 6.61 Å². The summed E-state index contributed by atoms with van der Waals surface area (Å²) in [6.45, 7) is 2.81. The molecule has 13 heavy (non-hydrogen) atoms. The maximum Gasteiger partial charge on any atom is 0.120 e. The van der Waals surface area contributed by atoms with Gasteiger partial charge in [0, 0.05) is 4.47 Å². The molecule has 0 bridgehead atoms. The van der Waals surface area contributed by atoms with Crippen LogP contribution in [0.2, 0.25) is 0 Å². The lowest BCUT2D eigenvalue weighted by Crippen LogP contribution is -1.96. The topological polar surface area (TPSA) is 29.5 Å². The molecule has 0 aliphatic rings. The van der Waals surface area contributed by atoms with Crippen LogP contribution in [0.15, 0.2) is 22.7 Å². The number of aliphatic hydroxyl groups is 1. The highest BCUT2D eigenvalue weighted by Crippen LogP contribution is 2.21. The average Bonchev–Trinajstić information content (AvgIpc) is 2.14. The van der Waals surface area contributed by atoms with Crippen molar-refractivity contribution in [3.05, 3.63) is 28.2 Å². The Morgan fingerprint density at radius 2 is 2.15 bits per heavy atom. The lowest BCUT2D eigenvalue weighted by Gasteiger charge is -2.06. The Labute approximate surface area is 86.7 Å². The van der Waals surface area contributed by atoms with Crippen LogP contribution in [0.1, 0.15) is 18.9 Å². The molecule has 0 fully saturated rings. The zero-order valence-corrected chi connectivity index (χ0v) is 9.17. The van der Waals surface area contributed by atoms with Gasteiger partial charge in [-0.2, -0.15) is 0 Å². The fourth-order valence-corrected chi connectivity index (χ4v) is 1.53. The molecule has 0 unspecified atom stereocenters. The van der Waals surface area contributed by atoms with Crippen LogP contribution in [-0.2, 0) is 6.61 Å². The molecule has 0 heterocycles. The fraction of sp³-hybridized carbons (Fsp3) is 0.400. The predicted molar refractivity (Wildman–Crippen MR) is 55.9 cm³/mol. The highest BCUT2D eigenvalue weighted by Gasteiger charge is 1.98. The van der Waals surface area contributed by atoms with Gasteiger partial charge in [0.05, 0.1) is 13.2 Å². The first-order valence-corrected chi connectivity index (χ1v) is 5.08. The Balaban J connectivity index is 2.76. The largest absolute Gasteiger partial charge is 0.494 e. The van der Waals surface area contributed by atoms with E-state index >= 15 is 0 Å². The zero-order valence-electron chi connectivity index (χ0n) is 7.59. The molecule has 0 radical (unpaired) electrons. The van der Waals surface area contributed by atoms with Crippen LogP contribution < -0.4 is 4.74 Å². The van der Waals surface area contributed by atoms with Crippen molar-refractivity contribution in [3.8, 4) is 5.75 Å². The predicted octanol–water partition coefficient (Wildman–Crippen LogP) is 2.73. The Kier molecular flexibility index (Phi) is 4.25. The Morgan fingerprint density at radius 1 is 1.38 bits per heavy atom. The van der Waals surface area contributed by atoms with Crippen molar-refractivity contribution in [2.45, 2.75) is 20.0 Å². The van der Waals surface area contributed by atoms with Gasteiger partial charge in [0.1, 0.15) is 5.75 Å². The van der Waals surface area contributed by atoms with E-state index in [0.29, 0.717) is 6.61 Å². The molecular weight excluding hydrogens is 232 g/mol. The smallest absolute Gasteiger partial charge is 0.120 e. The molecule has 1 N–H and O–H groups in total. The minimum atomic E-state index is 0.0436. The molecule has 0 amide bonds.